The lowest BCUT2D eigenvalue weighted by Gasteiger charge is -2.46. The Labute approximate surface area is 192 Å². The van der Waals surface area contributed by atoms with Crippen molar-refractivity contribution in [2.45, 2.75) is 68.3 Å². The SMILES string of the molecule is CC(=O)N[C@@H]1[C@@H](O)[C@H](O[C@@H]2O[C@H](CO)[C@H](O)[C@H](OS(=O)(=O)O)[C@H]2O)[C@@H](COS(=O)(=O)O)O[C@H]1O. The van der Waals surface area contributed by atoms with Crippen LogP contribution in [0.4, 0.5) is 0 Å². The molecule has 8 N–H and O–H groups in total. The number of ether oxygens (including phenoxy) is 3. The van der Waals surface area contributed by atoms with E-state index in [2.05, 4.69) is 13.7 Å². The van der Waals surface area contributed by atoms with Crippen molar-refractivity contribution in [2.75, 3.05) is 13.2 Å². The number of nitrogens with one attached hydrogen (secondary N) is 1. The van der Waals surface area contributed by atoms with E-state index in [1.54, 1.807) is 0 Å². The molecule has 2 fully saturated rings. The Hall–Kier alpha value is -1.11. The minimum Gasteiger partial charge on any atom is -0.394 e. The van der Waals surface area contributed by atoms with Crippen molar-refractivity contribution in [3.8, 4) is 0 Å². The number of carbonyl (C=O) groups excluding carboxylic acids is 1. The maximum absolute atomic E-state index is 11.4. The van der Waals surface area contributed by atoms with Gasteiger partial charge in [0.25, 0.3) is 0 Å². The van der Waals surface area contributed by atoms with Gasteiger partial charge in [0.2, 0.25) is 5.91 Å². The first-order valence-corrected chi connectivity index (χ1v) is 12.1. The molecule has 0 aromatic rings. The Bertz CT molecular complexity index is 911. The molecule has 34 heavy (non-hydrogen) atoms. The van der Waals surface area contributed by atoms with E-state index in [1.165, 1.54) is 0 Å². The standard InChI is InChI=1S/C14H25NO17S2/c1-4(17)15-7-9(19)11(6(29-13(7)21)3-28-33(22,23)24)31-14-10(20)12(32-34(25,26)27)8(18)5(2-16)30-14/h5-14,16,18-21H,2-3H2,1H3,(H,15,17)(H,22,23,24)(H,25,26,27)/t5-,6-,7-,8+,9-,10-,11-,12+,13-,14+/m1/s1. The van der Waals surface area contributed by atoms with Crippen molar-refractivity contribution in [3.05, 3.63) is 0 Å². The summed E-state index contributed by atoms with van der Waals surface area (Å²) in [5.74, 6) is -0.739. The Morgan fingerprint density at radius 1 is 0.912 bits per heavy atom. The quantitative estimate of drug-likeness (QED) is 0.126. The van der Waals surface area contributed by atoms with Gasteiger partial charge in [0, 0.05) is 6.92 Å². The van der Waals surface area contributed by atoms with Crippen molar-refractivity contribution < 1.29 is 78.8 Å². The second-order valence-corrected chi connectivity index (χ2v) is 9.43. The van der Waals surface area contributed by atoms with E-state index in [0.717, 1.165) is 6.92 Å². The van der Waals surface area contributed by atoms with Crippen molar-refractivity contribution in [1.29, 1.82) is 0 Å². The van der Waals surface area contributed by atoms with Gasteiger partial charge in [0.1, 0.15) is 48.8 Å². The molecule has 0 bridgehead atoms. The van der Waals surface area contributed by atoms with Crippen molar-refractivity contribution >= 4 is 26.7 Å². The molecule has 0 aliphatic carbocycles. The number of aliphatic hydroxyl groups is 5. The van der Waals surface area contributed by atoms with Gasteiger partial charge in [-0.2, -0.15) is 16.8 Å². The van der Waals surface area contributed by atoms with Crippen LogP contribution in [0.1, 0.15) is 6.92 Å². The van der Waals surface area contributed by atoms with Gasteiger partial charge < -0.3 is 45.1 Å². The zero-order valence-corrected chi connectivity index (χ0v) is 18.9. The minimum atomic E-state index is -5.24. The number of aliphatic hydroxyl groups excluding tert-OH is 5. The molecule has 0 spiro atoms. The fraction of sp³-hybridized carbons (Fsp3) is 0.929. The van der Waals surface area contributed by atoms with Crippen molar-refractivity contribution in [3.63, 3.8) is 0 Å². The summed E-state index contributed by atoms with van der Waals surface area (Å²) in [7, 11) is -10.3. The molecule has 2 heterocycles. The first-order valence-electron chi connectivity index (χ1n) is 9.38. The Morgan fingerprint density at radius 2 is 1.53 bits per heavy atom. The van der Waals surface area contributed by atoms with Gasteiger partial charge in [-0.15, -0.1) is 0 Å². The first-order chi connectivity index (χ1) is 15.5. The van der Waals surface area contributed by atoms with Gasteiger partial charge in [-0.25, -0.2) is 8.37 Å². The van der Waals surface area contributed by atoms with Gasteiger partial charge >= 0.3 is 20.8 Å². The number of rotatable bonds is 9. The summed E-state index contributed by atoms with van der Waals surface area (Å²) in [5.41, 5.74) is 0. The third-order valence-corrected chi connectivity index (χ3v) is 5.69. The summed E-state index contributed by atoms with van der Waals surface area (Å²) in [5, 5.41) is 52.7. The lowest BCUT2D eigenvalue weighted by Crippen LogP contribution is -2.67. The van der Waals surface area contributed by atoms with E-state index >= 15 is 0 Å². The number of hydrogen-bond acceptors (Lipinski definition) is 15. The smallest absolute Gasteiger partial charge is 0.394 e. The van der Waals surface area contributed by atoms with Crippen LogP contribution in [0.25, 0.3) is 0 Å². The molecule has 18 nitrogen and oxygen atoms in total. The summed E-state index contributed by atoms with van der Waals surface area (Å²) < 4.78 is 85.7. The molecule has 2 saturated heterocycles. The molecule has 200 valence electrons. The maximum Gasteiger partial charge on any atom is 0.397 e. The zero-order chi connectivity index (χ0) is 26.0. The number of hydrogen-bond donors (Lipinski definition) is 8. The summed E-state index contributed by atoms with van der Waals surface area (Å²) >= 11 is 0. The van der Waals surface area contributed by atoms with Gasteiger partial charge in [-0.05, 0) is 0 Å². The molecule has 0 aromatic heterocycles. The fourth-order valence-electron chi connectivity index (χ4n) is 3.36. The molecule has 2 aliphatic rings. The van der Waals surface area contributed by atoms with Crippen LogP contribution < -0.4 is 5.32 Å². The molecule has 0 radical (unpaired) electrons. The third-order valence-electron chi connectivity index (χ3n) is 4.79. The lowest BCUT2D eigenvalue weighted by molar-refractivity contribution is -0.342. The van der Waals surface area contributed by atoms with Gasteiger partial charge in [0.15, 0.2) is 12.6 Å². The Kier molecular flexibility index (Phi) is 9.68. The van der Waals surface area contributed by atoms with Crippen LogP contribution in [0.3, 0.4) is 0 Å². The monoisotopic (exact) mass is 543 g/mol. The average Bonchev–Trinajstić information content (AvgIpc) is 2.69. The molecular weight excluding hydrogens is 518 g/mol. The fourth-order valence-corrected chi connectivity index (χ4v) is 4.17. The van der Waals surface area contributed by atoms with Gasteiger partial charge in [-0.3, -0.25) is 13.9 Å². The third kappa shape index (κ3) is 7.69. The topological polar surface area (TPSA) is 285 Å². The van der Waals surface area contributed by atoms with E-state index < -0.39 is 101 Å². The summed E-state index contributed by atoms with van der Waals surface area (Å²) in [6.07, 6.45) is -17.4. The normalized spacial score (nSPS) is 39.5. The molecule has 0 aromatic carbocycles. The molecule has 0 saturated carbocycles. The maximum atomic E-state index is 11.4. The highest BCUT2D eigenvalue weighted by atomic mass is 32.3. The second-order valence-electron chi connectivity index (χ2n) is 7.29. The molecule has 20 heteroatoms. The van der Waals surface area contributed by atoms with Crippen LogP contribution in [0.5, 0.6) is 0 Å². The van der Waals surface area contributed by atoms with Crippen molar-refractivity contribution in [1.82, 2.24) is 5.32 Å². The van der Waals surface area contributed by atoms with Crippen LogP contribution >= 0.6 is 0 Å². The Morgan fingerprint density at radius 3 is 2.03 bits per heavy atom. The van der Waals surface area contributed by atoms with Gasteiger partial charge in [0.05, 0.1) is 13.2 Å². The lowest BCUT2D eigenvalue weighted by atomic mass is 9.95. The van der Waals surface area contributed by atoms with Crippen molar-refractivity contribution in [2.24, 2.45) is 0 Å². The van der Waals surface area contributed by atoms with E-state index in [1.807, 2.05) is 0 Å². The van der Waals surface area contributed by atoms with Crippen LogP contribution in [-0.4, -0.2) is 132 Å². The van der Waals surface area contributed by atoms with E-state index in [-0.39, 0.29) is 0 Å². The average molecular weight is 543 g/mol. The van der Waals surface area contributed by atoms with Crippen LogP contribution in [0.15, 0.2) is 0 Å². The summed E-state index contributed by atoms with van der Waals surface area (Å²) in [6, 6.07) is -1.57. The Balaban J connectivity index is 2.34. The molecule has 2 rings (SSSR count). The number of carbonyl (C=O) groups is 1. The molecule has 2 aliphatic heterocycles. The molecule has 10 atom stereocenters. The summed E-state index contributed by atoms with van der Waals surface area (Å²) in [6.45, 7) is -1.00. The minimum absolute atomic E-state index is 0.739. The summed E-state index contributed by atoms with van der Waals surface area (Å²) in [4.78, 5) is 11.4. The number of amides is 1. The predicted octanol–water partition coefficient (Wildman–Crippen LogP) is -5.60. The second kappa shape index (κ2) is 11.3. The molecular formula is C14H25NO17S2. The first kappa shape index (κ1) is 29.1. The van der Waals surface area contributed by atoms with E-state index in [9.17, 15) is 47.2 Å². The van der Waals surface area contributed by atoms with Crippen LogP contribution in [-0.2, 0) is 48.2 Å². The van der Waals surface area contributed by atoms with E-state index in [0.29, 0.717) is 0 Å². The molecule has 0 unspecified atom stereocenters. The van der Waals surface area contributed by atoms with Crippen LogP contribution in [0.2, 0.25) is 0 Å². The zero-order valence-electron chi connectivity index (χ0n) is 17.2. The highest BCUT2D eigenvalue weighted by molar-refractivity contribution is 7.81. The van der Waals surface area contributed by atoms with E-state index in [4.69, 9.17) is 23.3 Å². The van der Waals surface area contributed by atoms with Crippen LogP contribution in [0, 0.1) is 0 Å². The highest BCUT2D eigenvalue weighted by Gasteiger charge is 2.52. The highest BCUT2D eigenvalue weighted by Crippen LogP contribution is 2.30. The molecule has 1 amide bonds. The van der Waals surface area contributed by atoms with Gasteiger partial charge in [-0.1, -0.05) is 0 Å². The largest absolute Gasteiger partial charge is 0.397 e. The predicted molar refractivity (Wildman–Crippen MR) is 101 cm³/mol.